The molecule has 0 bridgehead atoms. The van der Waals surface area contributed by atoms with Crippen molar-refractivity contribution in [2.24, 2.45) is 23.2 Å². The first-order valence-corrected chi connectivity index (χ1v) is 12.3. The maximum absolute atomic E-state index is 2.24. The lowest BCUT2D eigenvalue weighted by Crippen LogP contribution is -2.00. The molecule has 29 heavy (non-hydrogen) atoms. The van der Waals surface area contributed by atoms with E-state index in [0.717, 1.165) is 5.92 Å². The van der Waals surface area contributed by atoms with E-state index in [-0.39, 0.29) is 8.85 Å². The summed E-state index contributed by atoms with van der Waals surface area (Å²) in [6.07, 6.45) is 15.9. The maximum Gasteiger partial charge on any atom is 0 e. The molecular weight excluding hydrogens is 348 g/mol. The predicted octanol–water partition coefficient (Wildman–Crippen LogP) is 10.1. The minimum Gasteiger partial charge on any atom is -0.0776 e. The second-order valence-corrected chi connectivity index (χ2v) is 10.7. The standard InChI is InChI=1S/C9H10.C8H14.C6H14.C5H12.CH4.H2/c1-2-5-9-7-3-6-8(9)4-1;1-3-7-5-2-6-8(7)4-1;1-5-6(2,3)4;1-4-5(2)3;;/h1-2,4-5H,3,6-7H2;7-8H,1-6H2;5H2,1-4H3;5H,4H2,1-3H3;1H4;1H/i;;;;;1+1. The number of aryl methyl sites for hydroxylation is 2. The summed E-state index contributed by atoms with van der Waals surface area (Å²) in [6, 6.07) is 8.74. The molecule has 0 heterocycles. The number of fused-ring (bicyclic) bond motifs is 2. The number of rotatable bonds is 1. The fraction of sp³-hybridized carbons (Fsp3) is 0.793. The summed E-state index contributed by atoms with van der Waals surface area (Å²) in [5.41, 5.74) is 3.68. The molecule has 2 saturated carbocycles. The molecule has 0 unspecified atom stereocenters. The zero-order valence-corrected chi connectivity index (χ0v) is 20.3. The Kier molecular flexibility index (Phi) is 14.7. The van der Waals surface area contributed by atoms with Crippen LogP contribution >= 0.6 is 0 Å². The van der Waals surface area contributed by atoms with Crippen LogP contribution in [0.15, 0.2) is 24.3 Å². The molecule has 0 amide bonds. The highest BCUT2D eigenvalue weighted by atomic mass is 14.4. The van der Waals surface area contributed by atoms with Crippen molar-refractivity contribution >= 4 is 0 Å². The second kappa shape index (κ2) is 15.1. The van der Waals surface area contributed by atoms with Gasteiger partial charge in [-0.25, -0.2) is 0 Å². The number of hydrogen-bond donors (Lipinski definition) is 0. The van der Waals surface area contributed by atoms with Crippen molar-refractivity contribution in [3.05, 3.63) is 35.4 Å². The molecular formula is C29H56. The molecule has 4 rings (SSSR count). The van der Waals surface area contributed by atoms with Crippen LogP contribution in [0.3, 0.4) is 0 Å². The van der Waals surface area contributed by atoms with E-state index in [0.29, 0.717) is 5.41 Å². The van der Waals surface area contributed by atoms with Crippen LogP contribution in [0.1, 0.15) is 126 Å². The summed E-state index contributed by atoms with van der Waals surface area (Å²) in [5, 5.41) is 0. The van der Waals surface area contributed by atoms with E-state index >= 15 is 0 Å². The monoisotopic (exact) mass is 405 g/mol. The van der Waals surface area contributed by atoms with Crippen molar-refractivity contribution in [1.82, 2.24) is 0 Å². The topological polar surface area (TPSA) is 0 Å². The van der Waals surface area contributed by atoms with Gasteiger partial charge in [0, 0.05) is 1.43 Å². The lowest BCUT2D eigenvalue weighted by atomic mass is 9.94. The average Bonchev–Trinajstić information content (AvgIpc) is 3.39. The Morgan fingerprint density at radius 1 is 0.828 bits per heavy atom. The Balaban J connectivity index is 0. The van der Waals surface area contributed by atoms with Crippen molar-refractivity contribution in [2.75, 3.05) is 0 Å². The van der Waals surface area contributed by atoms with Crippen molar-refractivity contribution in [1.29, 1.82) is 0 Å². The smallest absolute Gasteiger partial charge is 0 e. The molecule has 0 nitrogen and oxygen atoms in total. The highest BCUT2D eigenvalue weighted by Gasteiger charge is 2.30. The third-order valence-electron chi connectivity index (χ3n) is 6.85. The van der Waals surface area contributed by atoms with Gasteiger partial charge in [-0.3, -0.25) is 0 Å². The molecule has 1 aromatic carbocycles. The number of benzene rings is 1. The van der Waals surface area contributed by atoms with E-state index in [4.69, 9.17) is 0 Å². The highest BCUT2D eigenvalue weighted by Crippen LogP contribution is 2.43. The summed E-state index contributed by atoms with van der Waals surface area (Å²) in [6.45, 7) is 15.6. The Bertz CT molecular complexity index is 468. The second-order valence-electron chi connectivity index (χ2n) is 10.7. The zero-order chi connectivity index (χ0) is 21.0. The molecule has 0 radical (unpaired) electrons. The minimum atomic E-state index is 0. The Hall–Kier alpha value is -0.780. The van der Waals surface area contributed by atoms with E-state index < -0.39 is 0 Å². The lowest BCUT2D eigenvalue weighted by molar-refractivity contribution is 0.398. The van der Waals surface area contributed by atoms with Crippen LogP contribution in [0.5, 0.6) is 0 Å². The van der Waals surface area contributed by atoms with Crippen LogP contribution < -0.4 is 0 Å². The molecule has 0 atom stereocenters. The van der Waals surface area contributed by atoms with Crippen molar-refractivity contribution < 1.29 is 1.43 Å². The average molecular weight is 406 g/mol. The minimum absolute atomic E-state index is 0. The molecule has 1 aromatic rings. The quantitative estimate of drug-likeness (QED) is 0.436. The third-order valence-corrected chi connectivity index (χ3v) is 6.85. The fourth-order valence-electron chi connectivity index (χ4n) is 4.03. The van der Waals surface area contributed by atoms with E-state index in [1.54, 1.807) is 36.8 Å². The Morgan fingerprint density at radius 3 is 1.45 bits per heavy atom. The Morgan fingerprint density at radius 2 is 1.17 bits per heavy atom. The summed E-state index contributed by atoms with van der Waals surface area (Å²) in [4.78, 5) is 0. The first-order chi connectivity index (χ1) is 13.3. The molecule has 2 fully saturated rings. The largest absolute Gasteiger partial charge is 0.0776 e. The molecule has 0 N–H and O–H groups in total. The molecule has 3 aliphatic rings. The van der Waals surface area contributed by atoms with Crippen LogP contribution in [0.2, 0.25) is 0 Å². The van der Waals surface area contributed by atoms with E-state index in [1.165, 1.54) is 56.8 Å². The van der Waals surface area contributed by atoms with Crippen LogP contribution in [0.25, 0.3) is 0 Å². The van der Waals surface area contributed by atoms with Gasteiger partial charge < -0.3 is 0 Å². The van der Waals surface area contributed by atoms with Gasteiger partial charge in [-0.1, -0.05) is 132 Å². The zero-order valence-electron chi connectivity index (χ0n) is 20.3. The van der Waals surface area contributed by atoms with Gasteiger partial charge >= 0.3 is 0 Å². The molecule has 172 valence electrons. The fourth-order valence-corrected chi connectivity index (χ4v) is 4.03. The summed E-state index contributed by atoms with van der Waals surface area (Å²) < 4.78 is 0. The number of hydrogen-bond acceptors (Lipinski definition) is 0. The van der Waals surface area contributed by atoms with Gasteiger partial charge in [0.25, 0.3) is 0 Å². The van der Waals surface area contributed by atoms with Gasteiger partial charge in [0.05, 0.1) is 0 Å². The molecule has 0 spiro atoms. The molecule has 0 aromatic heterocycles. The third kappa shape index (κ3) is 12.5. The molecule has 0 saturated heterocycles. The van der Waals surface area contributed by atoms with Gasteiger partial charge in [-0.2, -0.15) is 0 Å². The van der Waals surface area contributed by atoms with E-state index in [2.05, 4.69) is 72.7 Å². The van der Waals surface area contributed by atoms with Crippen LogP contribution in [-0.4, -0.2) is 0 Å². The normalized spacial score (nSPS) is 21.4. The van der Waals surface area contributed by atoms with E-state index in [9.17, 15) is 0 Å². The van der Waals surface area contributed by atoms with Crippen LogP contribution in [0.4, 0.5) is 0 Å². The van der Waals surface area contributed by atoms with Crippen molar-refractivity contribution in [3.63, 3.8) is 0 Å². The molecule has 0 aliphatic heterocycles. The Labute approximate surface area is 186 Å². The SMILES string of the molecule is C.C1CC2CCCC2C1.CCC(C)(C)C.CCC(C)C.[2HH].c1ccc2c(c1)CCC2. The summed E-state index contributed by atoms with van der Waals surface area (Å²) >= 11 is 0. The lowest BCUT2D eigenvalue weighted by Gasteiger charge is -2.12. The molecule has 0 heteroatoms. The van der Waals surface area contributed by atoms with E-state index in [1.807, 2.05) is 0 Å². The predicted molar refractivity (Wildman–Crippen MR) is 137 cm³/mol. The maximum atomic E-state index is 2.24. The first-order valence-electron chi connectivity index (χ1n) is 12.3. The first kappa shape index (κ1) is 28.2. The van der Waals surface area contributed by atoms with Gasteiger partial charge in [-0.15, -0.1) is 0 Å². The van der Waals surface area contributed by atoms with Gasteiger partial charge in [0.2, 0.25) is 0 Å². The summed E-state index contributed by atoms with van der Waals surface area (Å²) in [7, 11) is 0. The summed E-state index contributed by atoms with van der Waals surface area (Å²) in [5.74, 6) is 3.24. The van der Waals surface area contributed by atoms with Crippen LogP contribution in [0, 0.1) is 23.2 Å². The van der Waals surface area contributed by atoms with Crippen molar-refractivity contribution in [3.8, 4) is 0 Å². The van der Waals surface area contributed by atoms with Gasteiger partial charge in [0.15, 0.2) is 0 Å². The van der Waals surface area contributed by atoms with Crippen LogP contribution in [-0.2, 0) is 12.8 Å². The van der Waals surface area contributed by atoms with Gasteiger partial charge in [0.1, 0.15) is 0 Å². The van der Waals surface area contributed by atoms with Crippen molar-refractivity contribution in [2.45, 2.75) is 127 Å². The highest BCUT2D eigenvalue weighted by molar-refractivity contribution is 5.30. The molecule has 3 aliphatic carbocycles. The van der Waals surface area contributed by atoms with Gasteiger partial charge in [-0.05, 0) is 53.6 Å².